The van der Waals surface area contributed by atoms with Crippen molar-refractivity contribution in [3.8, 4) is 0 Å². The summed E-state index contributed by atoms with van der Waals surface area (Å²) in [6.07, 6.45) is 4.89. The van der Waals surface area contributed by atoms with E-state index in [2.05, 4.69) is 30.4 Å². The Hall–Kier alpha value is -0.660. The molecule has 0 bridgehead atoms. The van der Waals surface area contributed by atoms with E-state index in [0.717, 1.165) is 12.8 Å². The molecule has 1 aromatic rings. The first-order valence-electron chi connectivity index (χ1n) is 4.46. The van der Waals surface area contributed by atoms with E-state index in [1.54, 1.807) is 6.07 Å². The number of hydrogen-bond donors (Lipinski definition) is 2. The lowest BCUT2D eigenvalue weighted by molar-refractivity contribution is 0.586. The van der Waals surface area contributed by atoms with Crippen LogP contribution < -0.4 is 9.44 Å². The highest BCUT2D eigenvalue weighted by molar-refractivity contribution is 9.10. The maximum Gasteiger partial charge on any atom is 0.299 e. The van der Waals surface area contributed by atoms with E-state index in [1.165, 1.54) is 12.4 Å². The van der Waals surface area contributed by atoms with Gasteiger partial charge in [0.1, 0.15) is 0 Å². The highest BCUT2D eigenvalue weighted by Crippen LogP contribution is 2.23. The molecule has 1 aliphatic carbocycles. The van der Waals surface area contributed by atoms with Crippen LogP contribution in [0.1, 0.15) is 12.8 Å². The van der Waals surface area contributed by atoms with Crippen LogP contribution in [-0.4, -0.2) is 19.4 Å². The number of halogens is 1. The Labute approximate surface area is 96.6 Å². The van der Waals surface area contributed by atoms with Crippen molar-refractivity contribution >= 4 is 31.8 Å². The predicted octanol–water partition coefficient (Wildman–Crippen LogP) is 1.25. The van der Waals surface area contributed by atoms with Gasteiger partial charge in [-0.05, 0) is 34.8 Å². The number of nitrogens with one attached hydrogen (secondary N) is 2. The molecule has 1 heterocycles. The molecular formula is C8H10BrN3O2S. The van der Waals surface area contributed by atoms with Gasteiger partial charge in [-0.1, -0.05) is 0 Å². The number of anilines is 1. The summed E-state index contributed by atoms with van der Waals surface area (Å²) in [6, 6.07) is 1.69. The van der Waals surface area contributed by atoms with Crippen LogP contribution in [0, 0.1) is 0 Å². The standard InChI is InChI=1S/C8H10BrN3O2S/c9-7-5-10-4-3-8(7)12-15(13,14)11-6-1-2-6/h3-6,11H,1-2H2,(H,10,12). The van der Waals surface area contributed by atoms with Crippen LogP contribution in [0.3, 0.4) is 0 Å². The lowest BCUT2D eigenvalue weighted by Gasteiger charge is -2.09. The minimum atomic E-state index is -3.45. The third kappa shape index (κ3) is 3.15. The first kappa shape index (κ1) is 10.8. The van der Waals surface area contributed by atoms with E-state index in [1.807, 2.05) is 0 Å². The summed E-state index contributed by atoms with van der Waals surface area (Å²) in [5.41, 5.74) is 0.484. The molecule has 0 saturated heterocycles. The van der Waals surface area contributed by atoms with E-state index in [0.29, 0.717) is 10.2 Å². The Morgan fingerprint density at radius 3 is 2.80 bits per heavy atom. The molecule has 1 aromatic heterocycles. The van der Waals surface area contributed by atoms with Gasteiger partial charge in [-0.15, -0.1) is 0 Å². The molecule has 0 aromatic carbocycles. The van der Waals surface area contributed by atoms with Crippen molar-refractivity contribution in [1.82, 2.24) is 9.71 Å². The van der Waals surface area contributed by atoms with Crippen molar-refractivity contribution < 1.29 is 8.42 Å². The van der Waals surface area contributed by atoms with Gasteiger partial charge in [0.25, 0.3) is 10.2 Å². The van der Waals surface area contributed by atoms with Gasteiger partial charge >= 0.3 is 0 Å². The second-order valence-electron chi connectivity index (χ2n) is 3.35. The van der Waals surface area contributed by atoms with E-state index in [-0.39, 0.29) is 6.04 Å². The minimum Gasteiger partial charge on any atom is -0.270 e. The summed E-state index contributed by atoms with van der Waals surface area (Å²) < 4.78 is 28.7. The summed E-state index contributed by atoms with van der Waals surface area (Å²) >= 11 is 3.21. The maximum atomic E-state index is 11.5. The fraction of sp³-hybridized carbons (Fsp3) is 0.375. The molecule has 0 spiro atoms. The molecule has 2 N–H and O–H groups in total. The Balaban J connectivity index is 2.10. The summed E-state index contributed by atoms with van der Waals surface area (Å²) in [5, 5.41) is 0. The number of pyridine rings is 1. The first-order valence-corrected chi connectivity index (χ1v) is 6.74. The number of rotatable bonds is 4. The molecule has 0 radical (unpaired) electrons. The Morgan fingerprint density at radius 1 is 1.47 bits per heavy atom. The fourth-order valence-electron chi connectivity index (χ4n) is 1.05. The molecule has 15 heavy (non-hydrogen) atoms. The zero-order valence-electron chi connectivity index (χ0n) is 7.77. The normalized spacial score (nSPS) is 16.3. The van der Waals surface area contributed by atoms with Crippen molar-refractivity contribution in [3.05, 3.63) is 22.9 Å². The van der Waals surface area contributed by atoms with Gasteiger partial charge in [-0.3, -0.25) is 9.71 Å². The number of nitrogens with zero attached hydrogens (tertiary/aromatic N) is 1. The molecule has 1 aliphatic rings. The van der Waals surface area contributed by atoms with E-state index >= 15 is 0 Å². The van der Waals surface area contributed by atoms with Gasteiger partial charge in [0.15, 0.2) is 0 Å². The maximum absolute atomic E-state index is 11.5. The molecule has 2 rings (SSSR count). The Morgan fingerprint density at radius 2 is 2.20 bits per heavy atom. The second kappa shape index (κ2) is 4.07. The molecule has 1 saturated carbocycles. The van der Waals surface area contributed by atoms with Crippen LogP contribution in [0.5, 0.6) is 0 Å². The van der Waals surface area contributed by atoms with Crippen LogP contribution in [-0.2, 0) is 10.2 Å². The van der Waals surface area contributed by atoms with E-state index in [9.17, 15) is 8.42 Å². The van der Waals surface area contributed by atoms with Crippen LogP contribution in [0.15, 0.2) is 22.9 Å². The van der Waals surface area contributed by atoms with Crippen LogP contribution in [0.2, 0.25) is 0 Å². The molecule has 7 heteroatoms. The third-order valence-corrected chi connectivity index (χ3v) is 3.68. The average molecular weight is 292 g/mol. The monoisotopic (exact) mass is 291 g/mol. The van der Waals surface area contributed by atoms with Crippen molar-refractivity contribution in [2.24, 2.45) is 0 Å². The Kier molecular flexibility index (Phi) is 2.94. The molecule has 0 amide bonds. The molecule has 0 atom stereocenters. The fourth-order valence-corrected chi connectivity index (χ4v) is 2.73. The van der Waals surface area contributed by atoms with Crippen LogP contribution in [0.4, 0.5) is 5.69 Å². The summed E-state index contributed by atoms with van der Waals surface area (Å²) in [4.78, 5) is 3.85. The van der Waals surface area contributed by atoms with Gasteiger partial charge in [0.2, 0.25) is 0 Å². The van der Waals surface area contributed by atoms with E-state index in [4.69, 9.17) is 0 Å². The highest BCUT2D eigenvalue weighted by Gasteiger charge is 2.26. The average Bonchev–Trinajstić information content (AvgIpc) is 2.91. The number of hydrogen-bond acceptors (Lipinski definition) is 3. The topological polar surface area (TPSA) is 71.1 Å². The second-order valence-corrected chi connectivity index (χ2v) is 5.65. The SMILES string of the molecule is O=S(=O)(Nc1ccncc1Br)NC1CC1. The summed E-state index contributed by atoms with van der Waals surface area (Å²) in [6.45, 7) is 0. The van der Waals surface area contributed by atoms with Crippen molar-refractivity contribution in [2.45, 2.75) is 18.9 Å². The van der Waals surface area contributed by atoms with Gasteiger partial charge < -0.3 is 0 Å². The lowest BCUT2D eigenvalue weighted by Crippen LogP contribution is -2.31. The molecule has 82 valence electrons. The highest BCUT2D eigenvalue weighted by atomic mass is 79.9. The quantitative estimate of drug-likeness (QED) is 0.877. The van der Waals surface area contributed by atoms with Gasteiger partial charge in [0, 0.05) is 18.4 Å². The zero-order chi connectivity index (χ0) is 10.9. The first-order chi connectivity index (χ1) is 7.07. The molecule has 0 aliphatic heterocycles. The molecular weight excluding hydrogens is 282 g/mol. The predicted molar refractivity (Wildman–Crippen MR) is 60.6 cm³/mol. The van der Waals surface area contributed by atoms with Gasteiger partial charge in [0.05, 0.1) is 10.2 Å². The molecule has 5 nitrogen and oxygen atoms in total. The van der Waals surface area contributed by atoms with Crippen LogP contribution in [0.25, 0.3) is 0 Å². The minimum absolute atomic E-state index is 0.100. The van der Waals surface area contributed by atoms with Crippen molar-refractivity contribution in [2.75, 3.05) is 4.72 Å². The largest absolute Gasteiger partial charge is 0.299 e. The number of aromatic nitrogens is 1. The summed E-state index contributed by atoms with van der Waals surface area (Å²) in [7, 11) is -3.45. The zero-order valence-corrected chi connectivity index (χ0v) is 10.2. The third-order valence-electron chi connectivity index (χ3n) is 1.92. The van der Waals surface area contributed by atoms with Crippen molar-refractivity contribution in [1.29, 1.82) is 0 Å². The summed E-state index contributed by atoms with van der Waals surface area (Å²) in [5.74, 6) is 0. The molecule has 1 fully saturated rings. The molecule has 0 unspecified atom stereocenters. The lowest BCUT2D eigenvalue weighted by atomic mass is 10.4. The van der Waals surface area contributed by atoms with Crippen LogP contribution >= 0.6 is 15.9 Å². The van der Waals surface area contributed by atoms with Gasteiger partial charge in [-0.2, -0.15) is 13.1 Å². The van der Waals surface area contributed by atoms with Crippen molar-refractivity contribution in [3.63, 3.8) is 0 Å². The smallest absolute Gasteiger partial charge is 0.270 e. The Bertz CT molecular complexity index is 459. The van der Waals surface area contributed by atoms with Gasteiger partial charge in [-0.25, -0.2) is 0 Å². The van der Waals surface area contributed by atoms with E-state index < -0.39 is 10.2 Å².